The van der Waals surface area contributed by atoms with Gasteiger partial charge >= 0.3 is 0 Å². The molecule has 21 heavy (non-hydrogen) atoms. The Morgan fingerprint density at radius 1 is 1.10 bits per heavy atom. The first kappa shape index (κ1) is 11.8. The molecule has 4 rings (SSSR count). The van der Waals surface area contributed by atoms with Crippen LogP contribution in [0.4, 0.5) is 0 Å². The van der Waals surface area contributed by atoms with E-state index in [1.54, 1.807) is 18.7 Å². The molecule has 1 aromatic carbocycles. The lowest BCUT2D eigenvalue weighted by Gasteiger charge is -1.98. The Morgan fingerprint density at radius 3 is 2.95 bits per heavy atom. The molecule has 102 valence electrons. The van der Waals surface area contributed by atoms with Crippen LogP contribution in [-0.4, -0.2) is 24.7 Å². The summed E-state index contributed by atoms with van der Waals surface area (Å²) in [6.45, 7) is 0.494. The van der Waals surface area contributed by atoms with Gasteiger partial charge in [0.25, 0.3) is 0 Å². The highest BCUT2D eigenvalue weighted by atomic mass is 16.5. The average Bonchev–Trinajstić information content (AvgIpc) is 3.17. The molecule has 0 unspecified atom stereocenters. The fourth-order valence-corrected chi connectivity index (χ4v) is 2.21. The highest BCUT2D eigenvalue weighted by Gasteiger charge is 2.10. The van der Waals surface area contributed by atoms with Gasteiger partial charge in [-0.15, -0.1) is 0 Å². The fourth-order valence-electron chi connectivity index (χ4n) is 2.21. The molecule has 0 aliphatic rings. The van der Waals surface area contributed by atoms with Gasteiger partial charge in [-0.3, -0.25) is 4.98 Å². The maximum atomic E-state index is 5.30. The van der Waals surface area contributed by atoms with Crippen LogP contribution in [-0.2, 0) is 6.54 Å². The summed E-state index contributed by atoms with van der Waals surface area (Å²) < 4.78 is 7.29. The van der Waals surface area contributed by atoms with Crippen molar-refractivity contribution in [2.45, 2.75) is 6.54 Å². The number of pyridine rings is 1. The van der Waals surface area contributed by atoms with Crippen LogP contribution in [0.1, 0.15) is 5.89 Å². The smallest absolute Gasteiger partial charge is 0.246 e. The van der Waals surface area contributed by atoms with E-state index in [-0.39, 0.29) is 0 Å². The summed E-state index contributed by atoms with van der Waals surface area (Å²) >= 11 is 0. The van der Waals surface area contributed by atoms with Crippen molar-refractivity contribution in [2.24, 2.45) is 0 Å². The molecule has 0 spiro atoms. The summed E-state index contributed by atoms with van der Waals surface area (Å²) in [5.41, 5.74) is 2.83. The predicted molar refractivity (Wildman–Crippen MR) is 76.4 cm³/mol. The first-order valence-corrected chi connectivity index (χ1v) is 6.53. The van der Waals surface area contributed by atoms with Gasteiger partial charge in [0.1, 0.15) is 6.54 Å². The van der Waals surface area contributed by atoms with E-state index in [1.807, 2.05) is 41.0 Å². The summed E-state index contributed by atoms with van der Waals surface area (Å²) in [5, 5.41) is 3.99. The van der Waals surface area contributed by atoms with E-state index in [0.717, 1.165) is 16.6 Å². The normalized spacial score (nSPS) is 11.0. The predicted octanol–water partition coefficient (Wildman–Crippen LogP) is 2.53. The Balaban J connectivity index is 1.65. The van der Waals surface area contributed by atoms with Crippen molar-refractivity contribution < 1.29 is 4.52 Å². The van der Waals surface area contributed by atoms with Crippen molar-refractivity contribution in [3.05, 3.63) is 61.0 Å². The van der Waals surface area contributed by atoms with Crippen LogP contribution >= 0.6 is 0 Å². The van der Waals surface area contributed by atoms with Crippen LogP contribution < -0.4 is 0 Å². The Bertz CT molecular complexity index is 881. The molecule has 4 aromatic rings. The number of para-hydroxylation sites is 2. The molecule has 0 radical (unpaired) electrons. The van der Waals surface area contributed by atoms with Crippen LogP contribution in [0, 0.1) is 0 Å². The maximum absolute atomic E-state index is 5.30. The molecular weight excluding hydrogens is 266 g/mol. The summed E-state index contributed by atoms with van der Waals surface area (Å²) in [4.78, 5) is 12.8. The molecule has 0 atom stereocenters. The molecule has 0 amide bonds. The average molecular weight is 277 g/mol. The van der Waals surface area contributed by atoms with Crippen LogP contribution in [0.5, 0.6) is 0 Å². The molecule has 0 saturated carbocycles. The second kappa shape index (κ2) is 4.82. The van der Waals surface area contributed by atoms with E-state index >= 15 is 0 Å². The van der Waals surface area contributed by atoms with Crippen LogP contribution in [0.15, 0.2) is 59.6 Å². The van der Waals surface area contributed by atoms with Crippen LogP contribution in [0.2, 0.25) is 0 Å². The van der Waals surface area contributed by atoms with Crippen molar-refractivity contribution >= 4 is 11.0 Å². The number of imidazole rings is 1. The zero-order chi connectivity index (χ0) is 14.1. The van der Waals surface area contributed by atoms with Crippen LogP contribution in [0.25, 0.3) is 22.4 Å². The van der Waals surface area contributed by atoms with E-state index in [0.29, 0.717) is 18.3 Å². The lowest BCUT2D eigenvalue weighted by molar-refractivity contribution is 0.372. The van der Waals surface area contributed by atoms with E-state index in [2.05, 4.69) is 20.1 Å². The topological polar surface area (TPSA) is 69.6 Å². The van der Waals surface area contributed by atoms with E-state index in [9.17, 15) is 0 Å². The largest absolute Gasteiger partial charge is 0.337 e. The summed E-state index contributed by atoms with van der Waals surface area (Å²) in [6, 6.07) is 11.7. The number of fused-ring (bicyclic) bond motifs is 1. The zero-order valence-electron chi connectivity index (χ0n) is 11.0. The van der Waals surface area contributed by atoms with E-state index in [4.69, 9.17) is 4.52 Å². The zero-order valence-corrected chi connectivity index (χ0v) is 11.0. The van der Waals surface area contributed by atoms with Gasteiger partial charge in [0, 0.05) is 18.0 Å². The number of aromatic nitrogens is 5. The van der Waals surface area contributed by atoms with Gasteiger partial charge in [-0.05, 0) is 24.3 Å². The number of hydrogen-bond donors (Lipinski definition) is 0. The minimum Gasteiger partial charge on any atom is -0.337 e. The number of nitrogens with zero attached hydrogens (tertiary/aromatic N) is 5. The Hall–Kier alpha value is -3.02. The lowest BCUT2D eigenvalue weighted by Crippen LogP contribution is -1.98. The molecule has 0 aliphatic carbocycles. The molecule has 6 nitrogen and oxygen atoms in total. The minimum atomic E-state index is 0.494. The van der Waals surface area contributed by atoms with Gasteiger partial charge in [-0.25, -0.2) is 4.98 Å². The fraction of sp³-hybridized carbons (Fsp3) is 0.0667. The SMILES string of the molecule is c1cncc(-c2noc(Cn3cnc4ccccc43)n2)c1. The molecule has 3 heterocycles. The standard InChI is InChI=1S/C15H11N5O/c1-2-6-13-12(5-1)17-10-20(13)9-14-18-15(19-21-14)11-4-3-7-16-8-11/h1-8,10H,9H2. The molecular formula is C15H11N5O. The van der Waals surface area contributed by atoms with Gasteiger partial charge in [-0.1, -0.05) is 17.3 Å². The number of benzene rings is 1. The molecule has 0 fully saturated rings. The second-order valence-electron chi connectivity index (χ2n) is 4.61. The Morgan fingerprint density at radius 2 is 2.05 bits per heavy atom. The van der Waals surface area contributed by atoms with Crippen molar-refractivity contribution in [3.8, 4) is 11.4 Å². The van der Waals surface area contributed by atoms with Gasteiger partial charge in [0.15, 0.2) is 0 Å². The van der Waals surface area contributed by atoms with Crippen LogP contribution in [0.3, 0.4) is 0 Å². The van der Waals surface area contributed by atoms with Crippen molar-refractivity contribution in [1.29, 1.82) is 0 Å². The Labute approximate surface area is 120 Å². The Kier molecular flexibility index (Phi) is 2.71. The quantitative estimate of drug-likeness (QED) is 0.575. The summed E-state index contributed by atoms with van der Waals surface area (Å²) in [6.07, 6.45) is 5.20. The first-order valence-electron chi connectivity index (χ1n) is 6.53. The highest BCUT2D eigenvalue weighted by molar-refractivity contribution is 5.74. The molecule has 0 saturated heterocycles. The van der Waals surface area contributed by atoms with Gasteiger partial charge in [-0.2, -0.15) is 4.98 Å². The monoisotopic (exact) mass is 277 g/mol. The molecule has 0 aliphatic heterocycles. The third kappa shape index (κ3) is 2.16. The molecule has 3 aromatic heterocycles. The molecule has 6 heteroatoms. The third-order valence-electron chi connectivity index (χ3n) is 3.22. The summed E-state index contributed by atoms with van der Waals surface area (Å²) in [7, 11) is 0. The second-order valence-corrected chi connectivity index (χ2v) is 4.61. The molecule has 0 bridgehead atoms. The van der Waals surface area contributed by atoms with Gasteiger partial charge in [0.2, 0.25) is 11.7 Å². The minimum absolute atomic E-state index is 0.494. The lowest BCUT2D eigenvalue weighted by atomic mass is 10.3. The first-order chi connectivity index (χ1) is 10.4. The van der Waals surface area contributed by atoms with Crippen molar-refractivity contribution in [2.75, 3.05) is 0 Å². The van der Waals surface area contributed by atoms with Gasteiger partial charge in [0.05, 0.1) is 17.4 Å². The van der Waals surface area contributed by atoms with Crippen molar-refractivity contribution in [3.63, 3.8) is 0 Å². The molecule has 0 N–H and O–H groups in total. The van der Waals surface area contributed by atoms with E-state index < -0.39 is 0 Å². The third-order valence-corrected chi connectivity index (χ3v) is 3.22. The highest BCUT2D eigenvalue weighted by Crippen LogP contribution is 2.16. The maximum Gasteiger partial charge on any atom is 0.246 e. The number of rotatable bonds is 3. The van der Waals surface area contributed by atoms with Crippen molar-refractivity contribution in [1.82, 2.24) is 24.7 Å². The number of hydrogen-bond acceptors (Lipinski definition) is 5. The summed E-state index contributed by atoms with van der Waals surface area (Å²) in [5.74, 6) is 1.08. The van der Waals surface area contributed by atoms with E-state index in [1.165, 1.54) is 0 Å². The van der Waals surface area contributed by atoms with Gasteiger partial charge < -0.3 is 9.09 Å².